The van der Waals surface area contributed by atoms with Crippen molar-refractivity contribution in [1.82, 2.24) is 0 Å². The molecule has 0 aromatic heterocycles. The number of hydrogen-bond acceptors (Lipinski definition) is 3. The SMILES string of the molecule is CCC(CC)N(CCOC)c1ccc(Br)cc1C(=N)N. The third-order valence-corrected chi connectivity index (χ3v) is 3.97. The summed E-state index contributed by atoms with van der Waals surface area (Å²) in [5.74, 6) is 0.0923. The number of benzene rings is 1. The van der Waals surface area contributed by atoms with E-state index in [4.69, 9.17) is 15.9 Å². The number of nitrogens with two attached hydrogens (primary N) is 1. The molecule has 1 aromatic rings. The van der Waals surface area contributed by atoms with E-state index in [2.05, 4.69) is 34.7 Å². The largest absolute Gasteiger partial charge is 0.384 e. The maximum atomic E-state index is 7.80. The normalized spacial score (nSPS) is 10.8. The van der Waals surface area contributed by atoms with Gasteiger partial charge in [0.05, 0.1) is 6.61 Å². The predicted octanol–water partition coefficient (Wildman–Crippen LogP) is 3.37. The Morgan fingerprint density at radius 3 is 2.55 bits per heavy atom. The first-order valence-electron chi connectivity index (χ1n) is 6.94. The van der Waals surface area contributed by atoms with Gasteiger partial charge in [0, 0.05) is 35.4 Å². The number of methoxy groups -OCH3 is 1. The second kappa shape index (κ2) is 8.27. The molecule has 0 spiro atoms. The van der Waals surface area contributed by atoms with Gasteiger partial charge in [0.25, 0.3) is 0 Å². The van der Waals surface area contributed by atoms with E-state index in [0.29, 0.717) is 12.6 Å². The number of hydrogen-bond donors (Lipinski definition) is 2. The number of anilines is 1. The van der Waals surface area contributed by atoms with Gasteiger partial charge in [-0.15, -0.1) is 0 Å². The smallest absolute Gasteiger partial charge is 0.124 e. The van der Waals surface area contributed by atoms with Crippen LogP contribution in [0, 0.1) is 5.41 Å². The van der Waals surface area contributed by atoms with Gasteiger partial charge in [0.2, 0.25) is 0 Å². The zero-order chi connectivity index (χ0) is 15.1. The van der Waals surface area contributed by atoms with E-state index in [1.54, 1.807) is 7.11 Å². The Kier molecular flexibility index (Phi) is 7.02. The van der Waals surface area contributed by atoms with Crippen LogP contribution in [0.5, 0.6) is 0 Å². The minimum atomic E-state index is 0.0923. The number of rotatable bonds is 8. The lowest BCUT2D eigenvalue weighted by atomic mass is 10.1. The number of nitrogens with zero attached hydrogens (tertiary/aromatic N) is 1. The van der Waals surface area contributed by atoms with E-state index in [9.17, 15) is 0 Å². The van der Waals surface area contributed by atoms with Crippen LogP contribution in [0.25, 0.3) is 0 Å². The van der Waals surface area contributed by atoms with Gasteiger partial charge in [0.1, 0.15) is 5.84 Å². The standard InChI is InChI=1S/C15H24BrN3O/c1-4-12(5-2)19(8-9-20-3)14-7-6-11(16)10-13(14)15(17)18/h6-7,10,12H,4-5,8-9H2,1-3H3,(H3,17,18). The first-order chi connectivity index (χ1) is 9.54. The predicted molar refractivity (Wildman–Crippen MR) is 88.8 cm³/mol. The summed E-state index contributed by atoms with van der Waals surface area (Å²) in [6.07, 6.45) is 2.10. The Morgan fingerprint density at radius 2 is 2.05 bits per heavy atom. The van der Waals surface area contributed by atoms with Crippen molar-refractivity contribution in [2.24, 2.45) is 5.73 Å². The molecule has 0 aliphatic heterocycles. The van der Waals surface area contributed by atoms with Gasteiger partial charge in [0.15, 0.2) is 0 Å². The van der Waals surface area contributed by atoms with E-state index in [0.717, 1.165) is 35.1 Å². The summed E-state index contributed by atoms with van der Waals surface area (Å²) in [6, 6.07) is 6.34. The van der Waals surface area contributed by atoms with E-state index in [1.807, 2.05) is 18.2 Å². The van der Waals surface area contributed by atoms with Gasteiger partial charge < -0.3 is 15.4 Å². The topological polar surface area (TPSA) is 62.3 Å². The molecule has 0 unspecified atom stereocenters. The number of halogens is 1. The van der Waals surface area contributed by atoms with Crippen molar-refractivity contribution in [2.75, 3.05) is 25.2 Å². The fourth-order valence-corrected chi connectivity index (χ4v) is 2.75. The van der Waals surface area contributed by atoms with Crippen molar-refractivity contribution < 1.29 is 4.74 Å². The summed E-state index contributed by atoms with van der Waals surface area (Å²) in [5, 5.41) is 7.80. The van der Waals surface area contributed by atoms with Gasteiger partial charge in [-0.3, -0.25) is 5.41 Å². The second-order valence-corrected chi connectivity index (χ2v) is 5.65. The molecule has 0 saturated carbocycles. The fraction of sp³-hybridized carbons (Fsp3) is 0.533. The van der Waals surface area contributed by atoms with Crippen molar-refractivity contribution in [2.45, 2.75) is 32.7 Å². The fourth-order valence-electron chi connectivity index (χ4n) is 2.39. The van der Waals surface area contributed by atoms with Crippen molar-refractivity contribution in [3.05, 3.63) is 28.2 Å². The maximum absolute atomic E-state index is 7.80. The number of ether oxygens (including phenoxy) is 1. The van der Waals surface area contributed by atoms with Crippen molar-refractivity contribution in [3.63, 3.8) is 0 Å². The summed E-state index contributed by atoms with van der Waals surface area (Å²) in [5.41, 5.74) is 7.51. The molecule has 0 fully saturated rings. The molecule has 3 N–H and O–H groups in total. The van der Waals surface area contributed by atoms with Crippen LogP contribution in [0.2, 0.25) is 0 Å². The van der Waals surface area contributed by atoms with E-state index < -0.39 is 0 Å². The Hall–Kier alpha value is -1.07. The van der Waals surface area contributed by atoms with Crippen LogP contribution in [-0.4, -0.2) is 32.1 Å². The van der Waals surface area contributed by atoms with Crippen LogP contribution in [0.3, 0.4) is 0 Å². The van der Waals surface area contributed by atoms with Crippen molar-refractivity contribution >= 4 is 27.5 Å². The van der Waals surface area contributed by atoms with Crippen LogP contribution >= 0.6 is 15.9 Å². The molecule has 20 heavy (non-hydrogen) atoms. The van der Waals surface area contributed by atoms with E-state index >= 15 is 0 Å². The van der Waals surface area contributed by atoms with E-state index in [-0.39, 0.29) is 5.84 Å². The highest BCUT2D eigenvalue weighted by molar-refractivity contribution is 9.10. The highest BCUT2D eigenvalue weighted by atomic mass is 79.9. The number of nitrogens with one attached hydrogen (secondary N) is 1. The first kappa shape index (κ1) is 17.0. The Balaban J connectivity index is 3.21. The molecule has 4 nitrogen and oxygen atoms in total. The highest BCUT2D eigenvalue weighted by Gasteiger charge is 2.19. The Bertz CT molecular complexity index is 447. The molecule has 1 rings (SSSR count). The maximum Gasteiger partial charge on any atom is 0.124 e. The summed E-state index contributed by atoms with van der Waals surface area (Å²) in [6.45, 7) is 5.81. The van der Waals surface area contributed by atoms with Crippen LogP contribution in [0.15, 0.2) is 22.7 Å². The molecule has 112 valence electrons. The van der Waals surface area contributed by atoms with Gasteiger partial charge in [-0.2, -0.15) is 0 Å². The average Bonchev–Trinajstić information content (AvgIpc) is 2.43. The molecule has 0 heterocycles. The van der Waals surface area contributed by atoms with Gasteiger partial charge in [-0.1, -0.05) is 29.8 Å². The quantitative estimate of drug-likeness (QED) is 0.562. The summed E-state index contributed by atoms with van der Waals surface area (Å²) >= 11 is 3.44. The molecule has 0 saturated heterocycles. The molecule has 0 bridgehead atoms. The zero-order valence-corrected chi connectivity index (χ0v) is 14.0. The molecular weight excluding hydrogens is 318 g/mol. The van der Waals surface area contributed by atoms with Gasteiger partial charge in [-0.25, -0.2) is 0 Å². The van der Waals surface area contributed by atoms with E-state index in [1.165, 1.54) is 0 Å². The third-order valence-electron chi connectivity index (χ3n) is 3.48. The highest BCUT2D eigenvalue weighted by Crippen LogP contribution is 2.27. The molecule has 1 aromatic carbocycles. The molecule has 0 radical (unpaired) electrons. The summed E-state index contributed by atoms with van der Waals surface area (Å²) in [4.78, 5) is 2.30. The van der Waals surface area contributed by atoms with Gasteiger partial charge >= 0.3 is 0 Å². The van der Waals surface area contributed by atoms with Crippen LogP contribution < -0.4 is 10.6 Å². The van der Waals surface area contributed by atoms with Crippen LogP contribution in [0.1, 0.15) is 32.3 Å². The average molecular weight is 342 g/mol. The monoisotopic (exact) mass is 341 g/mol. The number of amidine groups is 1. The third kappa shape index (κ3) is 4.21. The molecule has 0 aliphatic carbocycles. The summed E-state index contributed by atoms with van der Waals surface area (Å²) < 4.78 is 6.15. The Labute approximate surface area is 129 Å². The molecular formula is C15H24BrN3O. The zero-order valence-electron chi connectivity index (χ0n) is 12.4. The number of nitrogen functional groups attached to an aromatic ring is 1. The van der Waals surface area contributed by atoms with Crippen molar-refractivity contribution in [1.29, 1.82) is 5.41 Å². The lowest BCUT2D eigenvalue weighted by Crippen LogP contribution is -2.38. The van der Waals surface area contributed by atoms with Crippen molar-refractivity contribution in [3.8, 4) is 0 Å². The molecule has 0 aliphatic rings. The molecule has 0 atom stereocenters. The second-order valence-electron chi connectivity index (χ2n) is 4.73. The molecule has 0 amide bonds. The van der Waals surface area contributed by atoms with Crippen LogP contribution in [-0.2, 0) is 4.74 Å². The summed E-state index contributed by atoms with van der Waals surface area (Å²) in [7, 11) is 1.71. The molecule has 5 heteroatoms. The minimum Gasteiger partial charge on any atom is -0.384 e. The Morgan fingerprint density at radius 1 is 1.40 bits per heavy atom. The first-order valence-corrected chi connectivity index (χ1v) is 7.73. The van der Waals surface area contributed by atoms with Gasteiger partial charge in [-0.05, 0) is 31.0 Å². The lowest BCUT2D eigenvalue weighted by molar-refractivity contribution is 0.202. The lowest BCUT2D eigenvalue weighted by Gasteiger charge is -2.34. The van der Waals surface area contributed by atoms with Crippen LogP contribution in [0.4, 0.5) is 5.69 Å². The minimum absolute atomic E-state index is 0.0923.